The van der Waals surface area contributed by atoms with Gasteiger partial charge in [-0.05, 0) is 28.5 Å². The quantitative estimate of drug-likeness (QED) is 0.780. The van der Waals surface area contributed by atoms with Crippen molar-refractivity contribution in [2.45, 2.75) is 6.54 Å². The van der Waals surface area contributed by atoms with Gasteiger partial charge in [0.25, 0.3) is 5.91 Å². The Labute approximate surface area is 147 Å². The molecule has 4 heteroatoms. The fourth-order valence-corrected chi connectivity index (χ4v) is 2.76. The molecule has 2 amide bonds. The number of benzene rings is 3. The summed E-state index contributed by atoms with van der Waals surface area (Å²) in [6.07, 6.45) is 0. The Hall–Kier alpha value is -3.14. The van der Waals surface area contributed by atoms with Crippen molar-refractivity contribution in [3.8, 4) is 0 Å². The summed E-state index contributed by atoms with van der Waals surface area (Å²) < 4.78 is 0. The van der Waals surface area contributed by atoms with Crippen molar-refractivity contribution in [1.82, 2.24) is 10.2 Å². The zero-order chi connectivity index (χ0) is 17.6. The summed E-state index contributed by atoms with van der Waals surface area (Å²) >= 11 is 0. The number of carbonyl (C=O) groups is 2. The van der Waals surface area contributed by atoms with Crippen molar-refractivity contribution in [2.24, 2.45) is 0 Å². The van der Waals surface area contributed by atoms with Crippen LogP contribution in [0.2, 0.25) is 0 Å². The number of rotatable bonds is 5. The molecule has 126 valence electrons. The number of hydrogen-bond donors (Lipinski definition) is 1. The van der Waals surface area contributed by atoms with E-state index in [9.17, 15) is 9.59 Å². The molecule has 4 nitrogen and oxygen atoms in total. The topological polar surface area (TPSA) is 49.4 Å². The summed E-state index contributed by atoms with van der Waals surface area (Å²) in [6, 6.07) is 23.1. The van der Waals surface area contributed by atoms with Crippen LogP contribution in [0.5, 0.6) is 0 Å². The Bertz CT molecular complexity index is 885. The monoisotopic (exact) mass is 332 g/mol. The highest BCUT2D eigenvalue weighted by molar-refractivity contribution is 5.96. The van der Waals surface area contributed by atoms with Crippen LogP contribution in [0.4, 0.5) is 0 Å². The smallest absolute Gasteiger partial charge is 0.251 e. The van der Waals surface area contributed by atoms with Gasteiger partial charge >= 0.3 is 0 Å². The van der Waals surface area contributed by atoms with Crippen LogP contribution in [-0.4, -0.2) is 30.3 Å². The molecule has 3 aromatic carbocycles. The number of nitrogens with zero attached hydrogens (tertiary/aromatic N) is 1. The predicted octanol–water partition coefficient (Wildman–Crippen LogP) is 3.23. The molecule has 0 bridgehead atoms. The van der Waals surface area contributed by atoms with Crippen LogP contribution in [0.3, 0.4) is 0 Å². The third-order valence-electron chi connectivity index (χ3n) is 4.15. The lowest BCUT2D eigenvalue weighted by Crippen LogP contribution is -2.37. The molecular formula is C21H20N2O2. The molecule has 0 fully saturated rings. The summed E-state index contributed by atoms with van der Waals surface area (Å²) in [6.45, 7) is 0.483. The van der Waals surface area contributed by atoms with Gasteiger partial charge in [0.15, 0.2) is 0 Å². The van der Waals surface area contributed by atoms with Crippen molar-refractivity contribution >= 4 is 22.6 Å². The summed E-state index contributed by atoms with van der Waals surface area (Å²) in [4.78, 5) is 26.0. The zero-order valence-corrected chi connectivity index (χ0v) is 14.1. The van der Waals surface area contributed by atoms with Crippen LogP contribution in [0.15, 0.2) is 72.8 Å². The van der Waals surface area contributed by atoms with Crippen molar-refractivity contribution in [1.29, 1.82) is 0 Å². The van der Waals surface area contributed by atoms with Gasteiger partial charge in [0.1, 0.15) is 0 Å². The van der Waals surface area contributed by atoms with Crippen LogP contribution in [0.25, 0.3) is 10.8 Å². The number of nitrogens with one attached hydrogen (secondary N) is 1. The minimum atomic E-state index is -0.243. The number of amides is 2. The van der Waals surface area contributed by atoms with E-state index < -0.39 is 0 Å². The molecule has 0 heterocycles. The summed E-state index contributed by atoms with van der Waals surface area (Å²) in [7, 11) is 1.75. The second-order valence-electron chi connectivity index (χ2n) is 5.94. The van der Waals surface area contributed by atoms with Crippen molar-refractivity contribution < 1.29 is 9.59 Å². The van der Waals surface area contributed by atoms with Crippen molar-refractivity contribution in [2.75, 3.05) is 13.6 Å². The molecule has 0 aliphatic rings. The first kappa shape index (κ1) is 16.7. The first-order valence-corrected chi connectivity index (χ1v) is 8.19. The molecule has 0 aliphatic heterocycles. The van der Waals surface area contributed by atoms with Gasteiger partial charge < -0.3 is 10.2 Å². The van der Waals surface area contributed by atoms with Gasteiger partial charge in [0, 0.05) is 19.2 Å². The van der Waals surface area contributed by atoms with Gasteiger partial charge in [-0.25, -0.2) is 0 Å². The second-order valence-corrected chi connectivity index (χ2v) is 5.94. The van der Waals surface area contributed by atoms with Gasteiger partial charge in [0.2, 0.25) is 5.91 Å². The average Bonchev–Trinajstić information content (AvgIpc) is 2.66. The van der Waals surface area contributed by atoms with Gasteiger partial charge in [-0.1, -0.05) is 60.7 Å². The van der Waals surface area contributed by atoms with Gasteiger partial charge in [-0.3, -0.25) is 9.59 Å². The maximum atomic E-state index is 12.3. The molecule has 0 saturated carbocycles. The fourth-order valence-electron chi connectivity index (χ4n) is 2.76. The lowest BCUT2D eigenvalue weighted by Gasteiger charge is -2.19. The molecule has 0 saturated heterocycles. The highest BCUT2D eigenvalue weighted by Crippen LogP contribution is 2.19. The third kappa shape index (κ3) is 4.04. The number of fused-ring (bicyclic) bond motifs is 1. The van der Waals surface area contributed by atoms with E-state index >= 15 is 0 Å². The maximum Gasteiger partial charge on any atom is 0.251 e. The van der Waals surface area contributed by atoms with E-state index in [-0.39, 0.29) is 18.4 Å². The van der Waals surface area contributed by atoms with E-state index in [0.717, 1.165) is 16.3 Å². The third-order valence-corrected chi connectivity index (χ3v) is 4.15. The van der Waals surface area contributed by atoms with E-state index in [4.69, 9.17) is 0 Å². The number of hydrogen-bond acceptors (Lipinski definition) is 2. The molecular weight excluding hydrogens is 312 g/mol. The largest absolute Gasteiger partial charge is 0.343 e. The van der Waals surface area contributed by atoms with E-state index in [0.29, 0.717) is 12.1 Å². The zero-order valence-electron chi connectivity index (χ0n) is 14.1. The van der Waals surface area contributed by atoms with Crippen LogP contribution in [0.1, 0.15) is 15.9 Å². The van der Waals surface area contributed by atoms with Crippen LogP contribution in [0, 0.1) is 0 Å². The van der Waals surface area contributed by atoms with Crippen LogP contribution in [-0.2, 0) is 11.3 Å². The number of likely N-dealkylation sites (N-methyl/N-ethyl adjacent to an activating group) is 1. The first-order valence-electron chi connectivity index (χ1n) is 8.19. The number of carbonyl (C=O) groups excluding carboxylic acids is 2. The molecule has 1 N–H and O–H groups in total. The van der Waals surface area contributed by atoms with Gasteiger partial charge in [-0.2, -0.15) is 0 Å². The molecule has 0 spiro atoms. The predicted molar refractivity (Wildman–Crippen MR) is 99.2 cm³/mol. The average molecular weight is 332 g/mol. The Morgan fingerprint density at radius 2 is 1.56 bits per heavy atom. The minimum Gasteiger partial charge on any atom is -0.343 e. The normalized spacial score (nSPS) is 10.4. The maximum absolute atomic E-state index is 12.3. The Morgan fingerprint density at radius 3 is 2.36 bits per heavy atom. The van der Waals surface area contributed by atoms with E-state index in [1.54, 1.807) is 36.2 Å². The van der Waals surface area contributed by atoms with E-state index in [1.165, 1.54) is 0 Å². The molecule has 0 aliphatic carbocycles. The standard InChI is InChI=1S/C21H20N2O2/c1-23(15-18-12-7-11-16-8-5-6-13-19(16)18)20(24)14-22-21(25)17-9-3-2-4-10-17/h2-13H,14-15H2,1H3,(H,22,25). The molecule has 3 aromatic rings. The summed E-state index contributed by atoms with van der Waals surface area (Å²) in [5.41, 5.74) is 1.63. The molecule has 0 radical (unpaired) electrons. The fraction of sp³-hybridized carbons (Fsp3) is 0.143. The molecule has 3 rings (SSSR count). The summed E-state index contributed by atoms with van der Waals surface area (Å²) in [5, 5.41) is 4.96. The highest BCUT2D eigenvalue weighted by atomic mass is 16.2. The minimum absolute atomic E-state index is 0.0189. The van der Waals surface area contributed by atoms with E-state index in [2.05, 4.69) is 23.5 Å². The second kappa shape index (κ2) is 7.62. The lowest BCUT2D eigenvalue weighted by atomic mass is 10.0. The molecule has 0 aromatic heterocycles. The van der Waals surface area contributed by atoms with E-state index in [1.807, 2.05) is 30.3 Å². The van der Waals surface area contributed by atoms with Gasteiger partial charge in [-0.15, -0.1) is 0 Å². The van der Waals surface area contributed by atoms with Crippen molar-refractivity contribution in [3.05, 3.63) is 83.9 Å². The Kier molecular flexibility index (Phi) is 5.09. The first-order chi connectivity index (χ1) is 12.1. The van der Waals surface area contributed by atoms with Crippen LogP contribution >= 0.6 is 0 Å². The van der Waals surface area contributed by atoms with Gasteiger partial charge in [0.05, 0.1) is 6.54 Å². The molecule has 0 atom stereocenters. The molecule has 25 heavy (non-hydrogen) atoms. The summed E-state index contributed by atoms with van der Waals surface area (Å²) in [5.74, 6) is -0.371. The Morgan fingerprint density at radius 1 is 0.880 bits per heavy atom. The van der Waals surface area contributed by atoms with Crippen LogP contribution < -0.4 is 5.32 Å². The lowest BCUT2D eigenvalue weighted by molar-refractivity contribution is -0.129. The van der Waals surface area contributed by atoms with Crippen molar-refractivity contribution in [3.63, 3.8) is 0 Å². The molecule has 0 unspecified atom stereocenters. The highest BCUT2D eigenvalue weighted by Gasteiger charge is 2.13. The SMILES string of the molecule is CN(Cc1cccc2ccccc12)C(=O)CNC(=O)c1ccccc1. The Balaban J connectivity index is 1.62.